The normalized spacial score (nSPS) is 12.2. The van der Waals surface area contributed by atoms with E-state index in [-0.39, 0.29) is 11.8 Å². The number of carbonyl (C=O) groups excluding carboxylic acids is 2. The van der Waals surface area contributed by atoms with E-state index in [0.717, 1.165) is 5.56 Å². The Morgan fingerprint density at radius 1 is 1.33 bits per heavy atom. The smallest absolute Gasteiger partial charge is 0.248 e. The van der Waals surface area contributed by atoms with Gasteiger partial charge in [-0.1, -0.05) is 26.0 Å². The van der Waals surface area contributed by atoms with Gasteiger partial charge in [0.2, 0.25) is 11.8 Å². The van der Waals surface area contributed by atoms with Gasteiger partial charge < -0.3 is 16.8 Å². The van der Waals surface area contributed by atoms with Crippen LogP contribution in [0.3, 0.4) is 0 Å². The average molecular weight is 249 g/mol. The van der Waals surface area contributed by atoms with Crippen molar-refractivity contribution < 1.29 is 9.59 Å². The van der Waals surface area contributed by atoms with Gasteiger partial charge in [0.1, 0.15) is 0 Å². The Kier molecular flexibility index (Phi) is 4.85. The van der Waals surface area contributed by atoms with Crippen molar-refractivity contribution in [3.63, 3.8) is 0 Å². The van der Waals surface area contributed by atoms with Crippen LogP contribution in [0.5, 0.6) is 0 Å². The third-order valence-electron chi connectivity index (χ3n) is 2.70. The summed E-state index contributed by atoms with van der Waals surface area (Å²) < 4.78 is 0. The highest BCUT2D eigenvalue weighted by molar-refractivity contribution is 5.92. The lowest BCUT2D eigenvalue weighted by atomic mass is 10.0. The molecule has 0 heterocycles. The molecule has 5 nitrogen and oxygen atoms in total. The van der Waals surface area contributed by atoms with Gasteiger partial charge in [-0.05, 0) is 23.6 Å². The molecule has 0 aliphatic carbocycles. The van der Waals surface area contributed by atoms with E-state index in [1.165, 1.54) is 0 Å². The van der Waals surface area contributed by atoms with Gasteiger partial charge >= 0.3 is 0 Å². The van der Waals surface area contributed by atoms with Crippen molar-refractivity contribution in [2.24, 2.45) is 17.4 Å². The van der Waals surface area contributed by atoms with Gasteiger partial charge in [0.25, 0.3) is 0 Å². The van der Waals surface area contributed by atoms with Crippen LogP contribution in [0.25, 0.3) is 0 Å². The monoisotopic (exact) mass is 249 g/mol. The Morgan fingerprint density at radius 2 is 2.00 bits per heavy atom. The molecule has 1 aromatic rings. The molecule has 0 saturated heterocycles. The van der Waals surface area contributed by atoms with E-state index in [0.29, 0.717) is 12.1 Å². The van der Waals surface area contributed by atoms with Crippen LogP contribution in [-0.4, -0.2) is 17.9 Å². The second-order valence-electron chi connectivity index (χ2n) is 4.55. The lowest BCUT2D eigenvalue weighted by Crippen LogP contribution is -2.43. The Bertz CT molecular complexity index is 444. The van der Waals surface area contributed by atoms with Crippen LogP contribution in [-0.2, 0) is 11.3 Å². The van der Waals surface area contributed by atoms with Crippen molar-refractivity contribution in [2.75, 3.05) is 0 Å². The van der Waals surface area contributed by atoms with E-state index >= 15 is 0 Å². The van der Waals surface area contributed by atoms with Crippen LogP contribution in [0.1, 0.15) is 29.8 Å². The second kappa shape index (κ2) is 6.16. The highest BCUT2D eigenvalue weighted by Crippen LogP contribution is 2.05. The van der Waals surface area contributed by atoms with E-state index in [1.807, 2.05) is 19.9 Å². The topological polar surface area (TPSA) is 98.2 Å². The number of hydrogen-bond donors (Lipinski definition) is 3. The molecular formula is C13H19N3O2. The fourth-order valence-electron chi connectivity index (χ4n) is 1.44. The van der Waals surface area contributed by atoms with Gasteiger partial charge in [-0.2, -0.15) is 0 Å². The van der Waals surface area contributed by atoms with Crippen molar-refractivity contribution in [2.45, 2.75) is 26.4 Å². The summed E-state index contributed by atoms with van der Waals surface area (Å²) in [6.45, 7) is 4.11. The summed E-state index contributed by atoms with van der Waals surface area (Å²) in [4.78, 5) is 22.7. The zero-order chi connectivity index (χ0) is 13.7. The van der Waals surface area contributed by atoms with Crippen molar-refractivity contribution in [3.05, 3.63) is 35.4 Å². The van der Waals surface area contributed by atoms with Crippen LogP contribution in [0.2, 0.25) is 0 Å². The zero-order valence-corrected chi connectivity index (χ0v) is 10.6. The Balaban J connectivity index is 2.61. The molecule has 1 rings (SSSR count). The van der Waals surface area contributed by atoms with Crippen LogP contribution >= 0.6 is 0 Å². The van der Waals surface area contributed by atoms with Gasteiger partial charge in [0.05, 0.1) is 6.04 Å². The SMILES string of the molecule is CC(C)[C@H](N)C(=O)NCc1cccc(C(N)=O)c1. The molecule has 0 fully saturated rings. The largest absolute Gasteiger partial charge is 0.366 e. The molecule has 5 heteroatoms. The van der Waals surface area contributed by atoms with Crippen molar-refractivity contribution in [3.8, 4) is 0 Å². The van der Waals surface area contributed by atoms with E-state index < -0.39 is 11.9 Å². The first-order valence-electron chi connectivity index (χ1n) is 5.84. The minimum Gasteiger partial charge on any atom is -0.366 e. The first-order chi connectivity index (χ1) is 8.41. The summed E-state index contributed by atoms with van der Waals surface area (Å²) in [6, 6.07) is 6.30. The van der Waals surface area contributed by atoms with Crippen LogP contribution in [0, 0.1) is 5.92 Å². The van der Waals surface area contributed by atoms with Crippen molar-refractivity contribution >= 4 is 11.8 Å². The third kappa shape index (κ3) is 3.85. The maximum Gasteiger partial charge on any atom is 0.248 e. The molecule has 98 valence electrons. The quantitative estimate of drug-likeness (QED) is 0.703. The minimum atomic E-state index is -0.524. The molecule has 0 radical (unpaired) electrons. The van der Waals surface area contributed by atoms with Crippen molar-refractivity contribution in [1.82, 2.24) is 5.32 Å². The van der Waals surface area contributed by atoms with Gasteiger partial charge in [-0.3, -0.25) is 9.59 Å². The number of carbonyl (C=O) groups is 2. The molecule has 18 heavy (non-hydrogen) atoms. The van der Waals surface area contributed by atoms with Crippen molar-refractivity contribution in [1.29, 1.82) is 0 Å². The van der Waals surface area contributed by atoms with E-state index in [1.54, 1.807) is 18.2 Å². The van der Waals surface area contributed by atoms with E-state index in [4.69, 9.17) is 11.5 Å². The Hall–Kier alpha value is -1.88. The number of primary amides is 1. The lowest BCUT2D eigenvalue weighted by molar-refractivity contribution is -0.123. The minimum absolute atomic E-state index is 0.0851. The average Bonchev–Trinajstić information content (AvgIpc) is 2.35. The predicted molar refractivity (Wildman–Crippen MR) is 69.6 cm³/mol. The molecular weight excluding hydrogens is 230 g/mol. The lowest BCUT2D eigenvalue weighted by Gasteiger charge is -2.15. The van der Waals surface area contributed by atoms with Gasteiger partial charge in [0.15, 0.2) is 0 Å². The van der Waals surface area contributed by atoms with Gasteiger partial charge in [-0.25, -0.2) is 0 Å². The molecule has 1 aromatic carbocycles. The molecule has 5 N–H and O–H groups in total. The first kappa shape index (κ1) is 14.2. The first-order valence-corrected chi connectivity index (χ1v) is 5.84. The maximum absolute atomic E-state index is 11.6. The van der Waals surface area contributed by atoms with Crippen LogP contribution < -0.4 is 16.8 Å². The Labute approximate surface area is 107 Å². The fourth-order valence-corrected chi connectivity index (χ4v) is 1.44. The van der Waals surface area contributed by atoms with Gasteiger partial charge in [-0.15, -0.1) is 0 Å². The number of rotatable bonds is 5. The molecule has 0 bridgehead atoms. The summed E-state index contributed by atoms with van der Waals surface area (Å²) in [6.07, 6.45) is 0. The molecule has 0 saturated carbocycles. The van der Waals surface area contributed by atoms with Gasteiger partial charge in [0, 0.05) is 12.1 Å². The molecule has 0 unspecified atom stereocenters. The highest BCUT2D eigenvalue weighted by atomic mass is 16.2. The summed E-state index contributed by atoms with van der Waals surface area (Å²) in [5.41, 5.74) is 12.1. The number of amides is 2. The molecule has 0 spiro atoms. The molecule has 1 atom stereocenters. The van der Waals surface area contributed by atoms with Crippen LogP contribution in [0.15, 0.2) is 24.3 Å². The summed E-state index contributed by atoms with van der Waals surface area (Å²) >= 11 is 0. The Morgan fingerprint density at radius 3 is 2.56 bits per heavy atom. The summed E-state index contributed by atoms with van der Waals surface area (Å²) in [5.74, 6) is -0.599. The predicted octanol–water partition coefficient (Wildman–Crippen LogP) is 0.385. The number of nitrogens with one attached hydrogen (secondary N) is 1. The number of nitrogens with two attached hydrogens (primary N) is 2. The standard InChI is InChI=1S/C13H19N3O2/c1-8(2)11(14)13(18)16-7-9-4-3-5-10(6-9)12(15)17/h3-6,8,11H,7,14H2,1-2H3,(H2,15,17)(H,16,18)/t11-/m0/s1. The summed E-state index contributed by atoms with van der Waals surface area (Å²) in [5, 5.41) is 2.73. The maximum atomic E-state index is 11.6. The zero-order valence-electron chi connectivity index (χ0n) is 10.6. The van der Waals surface area contributed by atoms with E-state index in [2.05, 4.69) is 5.32 Å². The molecule has 2 amide bonds. The number of hydrogen-bond acceptors (Lipinski definition) is 3. The number of benzene rings is 1. The fraction of sp³-hybridized carbons (Fsp3) is 0.385. The molecule has 0 aliphatic heterocycles. The van der Waals surface area contributed by atoms with E-state index in [9.17, 15) is 9.59 Å². The van der Waals surface area contributed by atoms with Crippen LogP contribution in [0.4, 0.5) is 0 Å². The third-order valence-corrected chi connectivity index (χ3v) is 2.70. The second-order valence-corrected chi connectivity index (χ2v) is 4.55. The summed E-state index contributed by atoms with van der Waals surface area (Å²) in [7, 11) is 0. The highest BCUT2D eigenvalue weighted by Gasteiger charge is 2.16. The molecule has 0 aromatic heterocycles. The molecule has 0 aliphatic rings.